The molecule has 0 spiro atoms. The Morgan fingerprint density at radius 1 is 1.55 bits per heavy atom. The fraction of sp³-hybridized carbons (Fsp3) is 0.615. The number of rotatable bonds is 3. The third kappa shape index (κ3) is 2.61. The Kier molecular flexibility index (Phi) is 3.82. The van der Waals surface area contributed by atoms with Gasteiger partial charge in [0.2, 0.25) is 4.96 Å². The van der Waals surface area contributed by atoms with Crippen molar-refractivity contribution in [1.82, 2.24) is 24.8 Å². The average molecular weight is 293 g/mol. The monoisotopic (exact) mass is 293 g/mol. The van der Waals surface area contributed by atoms with Crippen molar-refractivity contribution in [2.45, 2.75) is 32.9 Å². The molecule has 1 saturated heterocycles. The topological polar surface area (TPSA) is 62.5 Å². The van der Waals surface area contributed by atoms with Gasteiger partial charge in [-0.25, -0.2) is 4.98 Å². The van der Waals surface area contributed by atoms with Crippen LogP contribution in [0.1, 0.15) is 24.5 Å². The molecule has 20 heavy (non-hydrogen) atoms. The highest BCUT2D eigenvalue weighted by Crippen LogP contribution is 2.13. The van der Waals surface area contributed by atoms with Crippen molar-refractivity contribution >= 4 is 16.3 Å². The van der Waals surface area contributed by atoms with Gasteiger partial charge in [0.1, 0.15) is 5.01 Å². The van der Waals surface area contributed by atoms with Crippen molar-refractivity contribution in [2.24, 2.45) is 0 Å². The van der Waals surface area contributed by atoms with Crippen LogP contribution in [0.5, 0.6) is 0 Å². The molecule has 3 rings (SSSR count). The molecule has 1 N–H and O–H groups in total. The fourth-order valence-electron chi connectivity index (χ4n) is 2.45. The summed E-state index contributed by atoms with van der Waals surface area (Å²) in [5.41, 5.74) is 0.763. The lowest BCUT2D eigenvalue weighted by Crippen LogP contribution is -2.49. The minimum atomic E-state index is -0.0799. The Hall–Kier alpha value is -1.31. The van der Waals surface area contributed by atoms with Gasteiger partial charge in [-0.1, -0.05) is 18.3 Å². The lowest BCUT2D eigenvalue weighted by Gasteiger charge is -2.33. The third-order valence-corrected chi connectivity index (χ3v) is 4.70. The molecule has 1 aliphatic rings. The van der Waals surface area contributed by atoms with Crippen LogP contribution in [-0.2, 0) is 13.0 Å². The molecule has 1 aliphatic heterocycles. The van der Waals surface area contributed by atoms with Crippen LogP contribution < -0.4 is 10.9 Å². The van der Waals surface area contributed by atoms with Crippen molar-refractivity contribution in [2.75, 3.05) is 19.6 Å². The molecule has 2 aromatic rings. The number of nitrogens with one attached hydrogen (secondary N) is 1. The first-order valence-corrected chi connectivity index (χ1v) is 7.82. The van der Waals surface area contributed by atoms with Gasteiger partial charge in [-0.3, -0.25) is 9.69 Å². The smallest absolute Gasteiger partial charge is 0.275 e. The normalized spacial score (nSPS) is 20.6. The van der Waals surface area contributed by atoms with E-state index in [1.54, 1.807) is 6.07 Å². The minimum absolute atomic E-state index is 0.0799. The van der Waals surface area contributed by atoms with E-state index in [9.17, 15) is 4.79 Å². The zero-order chi connectivity index (χ0) is 14.1. The molecule has 0 saturated carbocycles. The van der Waals surface area contributed by atoms with E-state index in [-0.39, 0.29) is 5.56 Å². The highest BCUT2D eigenvalue weighted by Gasteiger charge is 2.19. The number of hydrogen-bond donors (Lipinski definition) is 1. The molecular formula is C13H19N5OS. The maximum atomic E-state index is 12.1. The van der Waals surface area contributed by atoms with E-state index in [4.69, 9.17) is 0 Å². The quantitative estimate of drug-likeness (QED) is 0.893. The summed E-state index contributed by atoms with van der Waals surface area (Å²) in [7, 11) is 0. The summed E-state index contributed by atoms with van der Waals surface area (Å²) in [6, 6.07) is 2.08. The number of piperazine rings is 1. The summed E-state index contributed by atoms with van der Waals surface area (Å²) in [4.78, 5) is 19.7. The van der Waals surface area contributed by atoms with Crippen LogP contribution >= 0.6 is 11.3 Å². The molecule has 0 aromatic carbocycles. The minimum Gasteiger partial charge on any atom is -0.314 e. The number of aromatic nitrogens is 3. The van der Waals surface area contributed by atoms with E-state index in [0.29, 0.717) is 11.0 Å². The maximum absolute atomic E-state index is 12.1. The lowest BCUT2D eigenvalue weighted by molar-refractivity contribution is 0.164. The predicted molar refractivity (Wildman–Crippen MR) is 79.3 cm³/mol. The summed E-state index contributed by atoms with van der Waals surface area (Å²) >= 11 is 1.50. The summed E-state index contributed by atoms with van der Waals surface area (Å²) in [5, 5.41) is 8.58. The summed E-state index contributed by atoms with van der Waals surface area (Å²) < 4.78 is 1.41. The highest BCUT2D eigenvalue weighted by atomic mass is 32.1. The Morgan fingerprint density at radius 2 is 2.40 bits per heavy atom. The Bertz CT molecular complexity index is 664. The Labute approximate surface area is 121 Å². The van der Waals surface area contributed by atoms with E-state index in [1.165, 1.54) is 15.9 Å². The van der Waals surface area contributed by atoms with Crippen LogP contribution in [0.3, 0.4) is 0 Å². The van der Waals surface area contributed by atoms with Crippen LogP contribution in [0.25, 0.3) is 4.96 Å². The van der Waals surface area contributed by atoms with Gasteiger partial charge in [0.05, 0.1) is 5.69 Å². The zero-order valence-corrected chi connectivity index (χ0v) is 12.6. The van der Waals surface area contributed by atoms with E-state index >= 15 is 0 Å². The van der Waals surface area contributed by atoms with Crippen molar-refractivity contribution in [3.05, 3.63) is 27.1 Å². The van der Waals surface area contributed by atoms with Crippen molar-refractivity contribution in [1.29, 1.82) is 0 Å². The summed E-state index contributed by atoms with van der Waals surface area (Å²) in [5.74, 6) is 0. The second-order valence-corrected chi connectivity index (χ2v) is 6.19. The Morgan fingerprint density at radius 3 is 3.15 bits per heavy atom. The van der Waals surface area contributed by atoms with E-state index < -0.39 is 0 Å². The number of fused-ring (bicyclic) bond motifs is 1. The van der Waals surface area contributed by atoms with Crippen LogP contribution in [0.2, 0.25) is 0 Å². The van der Waals surface area contributed by atoms with Gasteiger partial charge in [0.15, 0.2) is 0 Å². The second-order valence-electron chi connectivity index (χ2n) is 5.15. The van der Waals surface area contributed by atoms with Crippen molar-refractivity contribution in [3.63, 3.8) is 0 Å². The van der Waals surface area contributed by atoms with Crippen molar-refractivity contribution < 1.29 is 0 Å². The molecule has 6 nitrogen and oxygen atoms in total. The first kappa shape index (κ1) is 13.7. The van der Waals surface area contributed by atoms with Crippen LogP contribution in [0, 0.1) is 0 Å². The molecule has 108 valence electrons. The second kappa shape index (κ2) is 5.59. The molecule has 1 atom stereocenters. The van der Waals surface area contributed by atoms with E-state index in [2.05, 4.69) is 27.2 Å². The average Bonchev–Trinajstić information content (AvgIpc) is 2.85. The lowest BCUT2D eigenvalue weighted by atomic mass is 10.2. The number of hydrogen-bond acceptors (Lipinski definition) is 6. The van der Waals surface area contributed by atoms with Gasteiger partial charge in [-0.15, -0.1) is 0 Å². The third-order valence-electron chi connectivity index (χ3n) is 3.65. The first-order chi connectivity index (χ1) is 9.67. The van der Waals surface area contributed by atoms with Crippen LogP contribution in [0.4, 0.5) is 0 Å². The zero-order valence-electron chi connectivity index (χ0n) is 11.8. The van der Waals surface area contributed by atoms with Crippen LogP contribution in [-0.4, -0.2) is 45.2 Å². The molecule has 0 aliphatic carbocycles. The molecule has 0 radical (unpaired) electrons. The van der Waals surface area contributed by atoms with Gasteiger partial charge in [0.25, 0.3) is 5.56 Å². The number of nitrogens with zero attached hydrogens (tertiary/aromatic N) is 4. The molecule has 1 fully saturated rings. The molecule has 3 heterocycles. The van der Waals surface area contributed by atoms with Gasteiger partial charge in [-0.2, -0.15) is 9.61 Å². The fourth-order valence-corrected chi connectivity index (χ4v) is 3.30. The highest BCUT2D eigenvalue weighted by molar-refractivity contribution is 7.16. The molecule has 7 heteroatoms. The SMILES string of the molecule is CCc1nn2c(=O)cc(CN3CCNCC3C)nc2s1. The molecule has 0 bridgehead atoms. The Balaban J connectivity index is 1.90. The van der Waals surface area contributed by atoms with E-state index in [0.717, 1.165) is 43.3 Å². The summed E-state index contributed by atoms with van der Waals surface area (Å²) in [6.07, 6.45) is 0.831. The van der Waals surface area contributed by atoms with Gasteiger partial charge in [-0.05, 0) is 13.3 Å². The van der Waals surface area contributed by atoms with Crippen molar-refractivity contribution in [3.8, 4) is 0 Å². The number of aryl methyl sites for hydroxylation is 1. The van der Waals surface area contributed by atoms with Gasteiger partial charge < -0.3 is 5.32 Å². The molecular weight excluding hydrogens is 274 g/mol. The first-order valence-electron chi connectivity index (χ1n) is 7.01. The predicted octanol–water partition coefficient (Wildman–Crippen LogP) is 0.507. The summed E-state index contributed by atoms with van der Waals surface area (Å²) in [6.45, 7) is 7.93. The van der Waals surface area contributed by atoms with E-state index in [1.807, 2.05) is 6.92 Å². The van der Waals surface area contributed by atoms with Gasteiger partial charge in [0, 0.05) is 38.3 Å². The molecule has 0 amide bonds. The maximum Gasteiger partial charge on any atom is 0.275 e. The van der Waals surface area contributed by atoms with Gasteiger partial charge >= 0.3 is 0 Å². The van der Waals surface area contributed by atoms with Crippen LogP contribution in [0.15, 0.2) is 10.9 Å². The molecule has 1 unspecified atom stereocenters. The standard InChI is InChI=1S/C13H19N5OS/c1-3-11-16-18-12(19)6-10(15-13(18)20-11)8-17-5-4-14-7-9(17)2/h6,9,14H,3-5,7-8H2,1-2H3. The largest absolute Gasteiger partial charge is 0.314 e. The molecule has 2 aromatic heterocycles.